The minimum Gasteiger partial charge on any atom is -0.497 e. The Labute approximate surface area is 170 Å². The molecule has 0 unspecified atom stereocenters. The van der Waals surface area contributed by atoms with Gasteiger partial charge < -0.3 is 14.6 Å². The van der Waals surface area contributed by atoms with Gasteiger partial charge >= 0.3 is 0 Å². The number of carbonyl (C=O) groups excluding carboxylic acids is 1. The van der Waals surface area contributed by atoms with Crippen LogP contribution in [0.3, 0.4) is 0 Å². The van der Waals surface area contributed by atoms with Crippen molar-refractivity contribution in [3.63, 3.8) is 0 Å². The van der Waals surface area contributed by atoms with Crippen molar-refractivity contribution >= 4 is 21.6 Å². The van der Waals surface area contributed by atoms with E-state index in [1.54, 1.807) is 31.4 Å². The first kappa shape index (κ1) is 21.1. The molecule has 0 bridgehead atoms. The van der Waals surface area contributed by atoms with Gasteiger partial charge in [0.05, 0.1) is 7.11 Å². The van der Waals surface area contributed by atoms with Crippen LogP contribution in [-0.4, -0.2) is 43.4 Å². The van der Waals surface area contributed by atoms with Gasteiger partial charge in [-0.1, -0.05) is 12.8 Å². The van der Waals surface area contributed by atoms with Crippen molar-refractivity contribution in [1.29, 1.82) is 0 Å². The third-order valence-corrected chi connectivity index (χ3v) is 6.77. The summed E-state index contributed by atoms with van der Waals surface area (Å²) in [5.74, 6) is 0.229. The van der Waals surface area contributed by atoms with Gasteiger partial charge in [0, 0.05) is 25.0 Å². The molecule has 1 aliphatic rings. The van der Waals surface area contributed by atoms with E-state index in [2.05, 4.69) is 5.32 Å². The molecule has 1 N–H and O–H groups in total. The van der Waals surface area contributed by atoms with E-state index in [1.807, 2.05) is 0 Å². The molecule has 8 nitrogen and oxygen atoms in total. The lowest BCUT2D eigenvalue weighted by molar-refractivity contribution is -0.116. The van der Waals surface area contributed by atoms with Crippen LogP contribution in [0.5, 0.6) is 5.75 Å². The van der Waals surface area contributed by atoms with E-state index < -0.39 is 21.5 Å². The van der Waals surface area contributed by atoms with Crippen molar-refractivity contribution in [3.8, 4) is 5.75 Å². The minimum absolute atomic E-state index is 0.284. The number of carbonyl (C=O) groups is 1. The number of sulfonamides is 1. The van der Waals surface area contributed by atoms with Gasteiger partial charge in [-0.2, -0.15) is 4.31 Å². The molecule has 1 aromatic carbocycles. The van der Waals surface area contributed by atoms with Crippen LogP contribution in [0, 0.1) is 0 Å². The first-order valence-corrected chi connectivity index (χ1v) is 11.0. The molecule has 2 aromatic rings. The van der Waals surface area contributed by atoms with Gasteiger partial charge in [-0.05, 0) is 49.2 Å². The number of anilines is 1. The van der Waals surface area contributed by atoms with E-state index in [4.69, 9.17) is 4.74 Å². The van der Waals surface area contributed by atoms with Crippen LogP contribution in [0.4, 0.5) is 5.69 Å². The Morgan fingerprint density at radius 3 is 2.34 bits per heavy atom. The Morgan fingerprint density at radius 1 is 1.07 bits per heavy atom. The van der Waals surface area contributed by atoms with Crippen LogP contribution >= 0.6 is 0 Å². The lowest BCUT2D eigenvalue weighted by Crippen LogP contribution is -2.37. The lowest BCUT2D eigenvalue weighted by Gasteiger charge is -2.20. The second kappa shape index (κ2) is 9.23. The molecule has 1 aromatic heterocycles. The van der Waals surface area contributed by atoms with Crippen molar-refractivity contribution in [2.24, 2.45) is 0 Å². The van der Waals surface area contributed by atoms with Gasteiger partial charge in [0.15, 0.2) is 0 Å². The van der Waals surface area contributed by atoms with Gasteiger partial charge in [-0.15, -0.1) is 0 Å². The maximum Gasteiger partial charge on any atom is 0.271 e. The number of aromatic nitrogens is 1. The van der Waals surface area contributed by atoms with Crippen molar-refractivity contribution < 1.29 is 17.9 Å². The van der Waals surface area contributed by atoms with E-state index in [9.17, 15) is 18.0 Å². The van der Waals surface area contributed by atoms with Crippen LogP contribution in [0.15, 0.2) is 52.3 Å². The molecular weight excluding hydrogens is 394 g/mol. The number of amides is 1. The van der Waals surface area contributed by atoms with Gasteiger partial charge in [0.1, 0.15) is 17.2 Å². The number of benzene rings is 1. The highest BCUT2D eigenvalue weighted by Gasteiger charge is 2.28. The average Bonchev–Trinajstić information content (AvgIpc) is 3.00. The molecule has 0 saturated carbocycles. The lowest BCUT2D eigenvalue weighted by atomic mass is 10.2. The maximum absolute atomic E-state index is 13.0. The van der Waals surface area contributed by atoms with Crippen LogP contribution in [0.1, 0.15) is 25.7 Å². The van der Waals surface area contributed by atoms with Crippen molar-refractivity contribution in [2.45, 2.75) is 37.1 Å². The number of nitrogens with one attached hydrogen (secondary N) is 1. The number of rotatable bonds is 6. The van der Waals surface area contributed by atoms with E-state index in [0.717, 1.165) is 30.3 Å². The molecule has 1 amide bonds. The number of nitrogens with zero attached hydrogens (tertiary/aromatic N) is 2. The van der Waals surface area contributed by atoms with Crippen LogP contribution in [0.25, 0.3) is 0 Å². The molecule has 156 valence electrons. The van der Waals surface area contributed by atoms with E-state index in [0.29, 0.717) is 24.5 Å². The normalized spacial score (nSPS) is 15.5. The number of hydrogen-bond acceptors (Lipinski definition) is 5. The number of methoxy groups -OCH3 is 1. The molecule has 1 fully saturated rings. The van der Waals surface area contributed by atoms with Gasteiger partial charge in [-0.3, -0.25) is 9.59 Å². The van der Waals surface area contributed by atoms with Crippen LogP contribution < -0.4 is 15.6 Å². The zero-order valence-electron chi connectivity index (χ0n) is 16.3. The highest BCUT2D eigenvalue weighted by Crippen LogP contribution is 2.18. The average molecular weight is 420 g/mol. The first-order valence-electron chi connectivity index (χ1n) is 9.55. The summed E-state index contributed by atoms with van der Waals surface area (Å²) in [6.45, 7) is 0.539. The minimum atomic E-state index is -3.89. The quantitative estimate of drug-likeness (QED) is 0.773. The van der Waals surface area contributed by atoms with Crippen molar-refractivity contribution in [3.05, 3.63) is 52.9 Å². The molecule has 29 heavy (non-hydrogen) atoms. The maximum atomic E-state index is 13.0. The van der Waals surface area contributed by atoms with Crippen molar-refractivity contribution in [2.75, 3.05) is 25.5 Å². The highest BCUT2D eigenvalue weighted by molar-refractivity contribution is 7.89. The molecule has 0 aliphatic carbocycles. The summed E-state index contributed by atoms with van der Waals surface area (Å²) < 4.78 is 33.5. The molecule has 2 heterocycles. The largest absolute Gasteiger partial charge is 0.497 e. The standard InChI is InChI=1S/C20H25N3O5S/c1-28-17-10-8-16(9-11-17)21-19(24)15-22-12-6-7-18(20(22)25)29(26,27)23-13-4-2-3-5-14-23/h6-12H,2-5,13-15H2,1H3,(H,21,24). The highest BCUT2D eigenvalue weighted by atomic mass is 32.2. The van der Waals surface area contributed by atoms with Crippen LogP contribution in [0.2, 0.25) is 0 Å². The second-order valence-electron chi connectivity index (χ2n) is 6.90. The Balaban J connectivity index is 1.77. The Bertz CT molecular complexity index is 1010. The van der Waals surface area contributed by atoms with E-state index in [-0.39, 0.29) is 11.4 Å². The first-order chi connectivity index (χ1) is 13.9. The van der Waals surface area contributed by atoms with E-state index >= 15 is 0 Å². The monoisotopic (exact) mass is 419 g/mol. The van der Waals surface area contributed by atoms with Gasteiger partial charge in [0.25, 0.3) is 5.56 Å². The van der Waals surface area contributed by atoms with Gasteiger partial charge in [0.2, 0.25) is 15.9 Å². The molecule has 0 atom stereocenters. The molecule has 3 rings (SSSR count). The zero-order valence-corrected chi connectivity index (χ0v) is 17.2. The van der Waals surface area contributed by atoms with Crippen LogP contribution in [-0.2, 0) is 21.4 Å². The molecule has 0 radical (unpaired) electrons. The molecule has 0 spiro atoms. The predicted octanol–water partition coefficient (Wildman–Crippen LogP) is 2.06. The molecular formula is C20H25N3O5S. The third-order valence-electron chi connectivity index (χ3n) is 4.86. The second-order valence-corrected chi connectivity index (χ2v) is 8.81. The fourth-order valence-corrected chi connectivity index (χ4v) is 4.89. The predicted molar refractivity (Wildman–Crippen MR) is 110 cm³/mol. The Hall–Kier alpha value is -2.65. The fraction of sp³-hybridized carbons (Fsp3) is 0.400. The molecule has 9 heteroatoms. The Morgan fingerprint density at radius 2 is 1.72 bits per heavy atom. The van der Waals surface area contributed by atoms with Crippen molar-refractivity contribution in [1.82, 2.24) is 8.87 Å². The number of hydrogen-bond donors (Lipinski definition) is 1. The third kappa shape index (κ3) is 5.04. The summed E-state index contributed by atoms with van der Waals surface area (Å²) >= 11 is 0. The zero-order chi connectivity index (χ0) is 20.9. The summed E-state index contributed by atoms with van der Waals surface area (Å²) in [5.41, 5.74) is -0.140. The summed E-state index contributed by atoms with van der Waals surface area (Å²) in [6, 6.07) is 9.55. The smallest absolute Gasteiger partial charge is 0.271 e. The number of pyridine rings is 1. The topological polar surface area (TPSA) is 97.7 Å². The fourth-order valence-electron chi connectivity index (χ4n) is 3.29. The summed E-state index contributed by atoms with van der Waals surface area (Å²) in [7, 11) is -2.34. The Kier molecular flexibility index (Phi) is 6.71. The molecule has 1 aliphatic heterocycles. The van der Waals surface area contributed by atoms with Gasteiger partial charge in [-0.25, -0.2) is 8.42 Å². The SMILES string of the molecule is COc1ccc(NC(=O)Cn2cccc(S(=O)(=O)N3CCCCCC3)c2=O)cc1. The van der Waals surface area contributed by atoms with E-state index in [1.165, 1.54) is 22.6 Å². The molecule has 1 saturated heterocycles. The summed E-state index contributed by atoms with van der Waals surface area (Å²) in [4.78, 5) is 24.8. The summed E-state index contributed by atoms with van der Waals surface area (Å²) in [5, 5.41) is 2.68. The summed E-state index contributed by atoms with van der Waals surface area (Å²) in [6.07, 6.45) is 4.94. The number of ether oxygens (including phenoxy) is 1.